The van der Waals surface area contributed by atoms with E-state index in [1.807, 2.05) is 13.0 Å². The van der Waals surface area contributed by atoms with E-state index in [0.717, 1.165) is 18.2 Å². The van der Waals surface area contributed by atoms with Crippen LogP contribution in [-0.2, 0) is 0 Å². The van der Waals surface area contributed by atoms with Crippen LogP contribution < -0.4 is 5.32 Å². The van der Waals surface area contributed by atoms with Gasteiger partial charge in [0.2, 0.25) is 5.95 Å². The average Bonchev–Trinajstić information content (AvgIpc) is 2.15. The van der Waals surface area contributed by atoms with Gasteiger partial charge in [0.15, 0.2) is 0 Å². The molecule has 16 heavy (non-hydrogen) atoms. The minimum Gasteiger partial charge on any atom is -0.352 e. The third kappa shape index (κ3) is 2.16. The summed E-state index contributed by atoms with van der Waals surface area (Å²) in [5.74, 6) is 0.744. The van der Waals surface area contributed by atoms with Gasteiger partial charge in [0.25, 0.3) is 0 Å². The van der Waals surface area contributed by atoms with Gasteiger partial charge >= 0.3 is 0 Å². The van der Waals surface area contributed by atoms with E-state index in [-0.39, 0.29) is 0 Å². The van der Waals surface area contributed by atoms with E-state index < -0.39 is 0 Å². The lowest BCUT2D eigenvalue weighted by molar-refractivity contribution is 0.0737. The SMILES string of the molecule is Cc1ccnc(NCC2(N(C)C)CCC2)n1. The predicted molar refractivity (Wildman–Crippen MR) is 65.5 cm³/mol. The molecule has 0 aliphatic heterocycles. The molecule has 1 N–H and O–H groups in total. The van der Waals surface area contributed by atoms with Crippen molar-refractivity contribution in [2.24, 2.45) is 0 Å². The highest BCUT2D eigenvalue weighted by molar-refractivity contribution is 5.26. The van der Waals surface area contributed by atoms with Gasteiger partial charge in [0, 0.05) is 24.0 Å². The molecule has 0 spiro atoms. The summed E-state index contributed by atoms with van der Waals surface area (Å²) >= 11 is 0. The molecule has 2 rings (SSSR count). The lowest BCUT2D eigenvalue weighted by Crippen LogP contribution is -2.54. The molecule has 1 heterocycles. The van der Waals surface area contributed by atoms with Crippen molar-refractivity contribution in [2.45, 2.75) is 31.7 Å². The number of nitrogens with zero attached hydrogens (tertiary/aromatic N) is 3. The van der Waals surface area contributed by atoms with Gasteiger partial charge in [-0.2, -0.15) is 0 Å². The summed E-state index contributed by atoms with van der Waals surface area (Å²) in [5, 5.41) is 3.35. The Balaban J connectivity index is 1.96. The second kappa shape index (κ2) is 4.37. The number of likely N-dealkylation sites (N-methyl/N-ethyl adjacent to an activating group) is 1. The highest BCUT2D eigenvalue weighted by Gasteiger charge is 2.38. The Morgan fingerprint density at radius 2 is 2.19 bits per heavy atom. The van der Waals surface area contributed by atoms with Crippen LogP contribution in [0.1, 0.15) is 25.0 Å². The molecule has 0 amide bonds. The number of aromatic nitrogens is 2. The zero-order valence-electron chi connectivity index (χ0n) is 10.3. The maximum Gasteiger partial charge on any atom is 0.222 e. The van der Waals surface area contributed by atoms with E-state index in [0.29, 0.717) is 5.54 Å². The number of rotatable bonds is 4. The Hall–Kier alpha value is -1.16. The van der Waals surface area contributed by atoms with E-state index >= 15 is 0 Å². The van der Waals surface area contributed by atoms with Crippen LogP contribution in [-0.4, -0.2) is 41.0 Å². The molecule has 1 fully saturated rings. The molecule has 0 radical (unpaired) electrons. The summed E-state index contributed by atoms with van der Waals surface area (Å²) in [5.41, 5.74) is 1.32. The van der Waals surface area contributed by atoms with Gasteiger partial charge < -0.3 is 10.2 Å². The van der Waals surface area contributed by atoms with Crippen LogP contribution in [0.5, 0.6) is 0 Å². The number of hydrogen-bond acceptors (Lipinski definition) is 4. The van der Waals surface area contributed by atoms with Crippen LogP contribution >= 0.6 is 0 Å². The molecule has 88 valence electrons. The highest BCUT2D eigenvalue weighted by Crippen LogP contribution is 2.35. The Bertz CT molecular complexity index is 358. The van der Waals surface area contributed by atoms with Gasteiger partial charge in [-0.1, -0.05) is 0 Å². The molecule has 0 bridgehead atoms. The quantitative estimate of drug-likeness (QED) is 0.838. The number of hydrogen-bond donors (Lipinski definition) is 1. The van der Waals surface area contributed by atoms with E-state index in [1.54, 1.807) is 6.20 Å². The molecule has 1 aromatic rings. The van der Waals surface area contributed by atoms with Crippen molar-refractivity contribution < 1.29 is 0 Å². The minimum absolute atomic E-state index is 0.313. The van der Waals surface area contributed by atoms with Crippen LogP contribution in [0.2, 0.25) is 0 Å². The first kappa shape index (κ1) is 11.3. The fourth-order valence-electron chi connectivity index (χ4n) is 2.14. The lowest BCUT2D eigenvalue weighted by Gasteiger charge is -2.47. The van der Waals surface area contributed by atoms with E-state index in [9.17, 15) is 0 Å². The van der Waals surface area contributed by atoms with E-state index in [2.05, 4.69) is 34.3 Å². The molecule has 1 aliphatic carbocycles. The summed E-state index contributed by atoms with van der Waals surface area (Å²) in [4.78, 5) is 10.9. The fraction of sp³-hybridized carbons (Fsp3) is 0.667. The number of anilines is 1. The zero-order valence-corrected chi connectivity index (χ0v) is 10.3. The Morgan fingerprint density at radius 3 is 2.69 bits per heavy atom. The first-order valence-electron chi connectivity index (χ1n) is 5.83. The van der Waals surface area contributed by atoms with Crippen LogP contribution in [0.15, 0.2) is 12.3 Å². The largest absolute Gasteiger partial charge is 0.352 e. The molecule has 1 aliphatic rings. The van der Waals surface area contributed by atoms with E-state index in [1.165, 1.54) is 19.3 Å². The predicted octanol–water partition coefficient (Wildman–Crippen LogP) is 1.68. The molecule has 0 unspecified atom stereocenters. The average molecular weight is 220 g/mol. The summed E-state index contributed by atoms with van der Waals surface area (Å²) in [6.45, 7) is 2.92. The Labute approximate surface area is 97.1 Å². The maximum atomic E-state index is 4.35. The third-order valence-electron chi connectivity index (χ3n) is 3.60. The van der Waals surface area contributed by atoms with Gasteiger partial charge in [0.1, 0.15) is 0 Å². The van der Waals surface area contributed by atoms with Crippen molar-refractivity contribution in [3.05, 3.63) is 18.0 Å². The monoisotopic (exact) mass is 220 g/mol. The third-order valence-corrected chi connectivity index (χ3v) is 3.60. The molecule has 0 aromatic carbocycles. The van der Waals surface area contributed by atoms with Crippen molar-refractivity contribution in [1.29, 1.82) is 0 Å². The van der Waals surface area contributed by atoms with Crippen molar-refractivity contribution in [1.82, 2.24) is 14.9 Å². The summed E-state index contributed by atoms with van der Waals surface area (Å²) in [6, 6.07) is 1.91. The normalized spacial score (nSPS) is 18.2. The fourth-order valence-corrected chi connectivity index (χ4v) is 2.14. The summed E-state index contributed by atoms with van der Waals surface area (Å²) in [6.07, 6.45) is 5.65. The van der Waals surface area contributed by atoms with Gasteiger partial charge in [-0.15, -0.1) is 0 Å². The van der Waals surface area contributed by atoms with Crippen molar-refractivity contribution in [2.75, 3.05) is 26.0 Å². The van der Waals surface area contributed by atoms with Crippen LogP contribution in [0, 0.1) is 6.92 Å². The summed E-state index contributed by atoms with van der Waals surface area (Å²) < 4.78 is 0. The molecule has 1 saturated carbocycles. The molecular weight excluding hydrogens is 200 g/mol. The van der Waals surface area contributed by atoms with Crippen LogP contribution in [0.3, 0.4) is 0 Å². The summed E-state index contributed by atoms with van der Waals surface area (Å²) in [7, 11) is 4.30. The van der Waals surface area contributed by atoms with Gasteiger partial charge in [0.05, 0.1) is 0 Å². The lowest BCUT2D eigenvalue weighted by atomic mass is 9.75. The molecule has 4 heteroatoms. The molecule has 0 atom stereocenters. The van der Waals surface area contributed by atoms with Crippen molar-refractivity contribution in [3.8, 4) is 0 Å². The standard InChI is InChI=1S/C12H20N4/c1-10-5-8-13-11(15-10)14-9-12(16(2)3)6-4-7-12/h5,8H,4,6-7,9H2,1-3H3,(H,13,14,15). The molecular formula is C12H20N4. The first-order valence-corrected chi connectivity index (χ1v) is 5.83. The number of nitrogens with one attached hydrogen (secondary N) is 1. The minimum atomic E-state index is 0.313. The van der Waals surface area contributed by atoms with Gasteiger partial charge in [-0.05, 0) is 46.3 Å². The van der Waals surface area contributed by atoms with Crippen molar-refractivity contribution >= 4 is 5.95 Å². The molecule has 0 saturated heterocycles. The molecule has 4 nitrogen and oxygen atoms in total. The topological polar surface area (TPSA) is 41.1 Å². The molecule has 1 aromatic heterocycles. The van der Waals surface area contributed by atoms with Crippen molar-refractivity contribution in [3.63, 3.8) is 0 Å². The zero-order chi connectivity index (χ0) is 11.6. The highest BCUT2D eigenvalue weighted by atomic mass is 15.2. The second-order valence-electron chi connectivity index (χ2n) is 4.85. The van der Waals surface area contributed by atoms with Crippen LogP contribution in [0.25, 0.3) is 0 Å². The second-order valence-corrected chi connectivity index (χ2v) is 4.85. The van der Waals surface area contributed by atoms with Gasteiger partial charge in [-0.25, -0.2) is 9.97 Å². The van der Waals surface area contributed by atoms with Crippen LogP contribution in [0.4, 0.5) is 5.95 Å². The maximum absolute atomic E-state index is 4.35. The smallest absolute Gasteiger partial charge is 0.222 e. The number of aryl methyl sites for hydroxylation is 1. The van der Waals surface area contributed by atoms with Gasteiger partial charge in [-0.3, -0.25) is 0 Å². The first-order chi connectivity index (χ1) is 7.62. The Kier molecular flexibility index (Phi) is 3.10. The Morgan fingerprint density at radius 1 is 1.44 bits per heavy atom. The van der Waals surface area contributed by atoms with E-state index in [4.69, 9.17) is 0 Å².